The van der Waals surface area contributed by atoms with Crippen LogP contribution in [0.3, 0.4) is 0 Å². The fourth-order valence-electron chi connectivity index (χ4n) is 2.76. The monoisotopic (exact) mass is 362 g/mol. The van der Waals surface area contributed by atoms with E-state index in [1.165, 1.54) is 5.56 Å². The topological polar surface area (TPSA) is 33.7 Å². The van der Waals surface area contributed by atoms with Crippen molar-refractivity contribution < 1.29 is 9.47 Å². The smallest absolute Gasteiger partial charge is 0.179 e. The van der Waals surface area contributed by atoms with E-state index in [2.05, 4.69) is 48.6 Å². The van der Waals surface area contributed by atoms with Gasteiger partial charge >= 0.3 is 0 Å². The highest BCUT2D eigenvalue weighted by atomic mass is 35.5. The first kappa shape index (κ1) is 19.6. The fraction of sp³-hybridized carbons (Fsp3) is 0.400. The second-order valence-corrected chi connectivity index (χ2v) is 6.56. The fourth-order valence-corrected chi connectivity index (χ4v) is 3.07. The molecule has 1 atom stereocenters. The van der Waals surface area contributed by atoms with E-state index in [1.807, 2.05) is 25.1 Å². The predicted octanol–water partition coefficient (Wildman–Crippen LogP) is 4.14. The molecule has 0 aliphatic carbocycles. The molecule has 2 aromatic carbocycles. The van der Waals surface area contributed by atoms with Crippen LogP contribution in [0.25, 0.3) is 0 Å². The van der Waals surface area contributed by atoms with E-state index in [9.17, 15) is 0 Å². The SMILES string of the molecule is CCOc1cc(CNC(CN(C)C)c2ccccc2)cc(Cl)c1OC. The third kappa shape index (κ3) is 5.63. The lowest BCUT2D eigenvalue weighted by atomic mass is 10.1. The van der Waals surface area contributed by atoms with Gasteiger partial charge < -0.3 is 19.7 Å². The summed E-state index contributed by atoms with van der Waals surface area (Å²) in [6, 6.07) is 14.6. The van der Waals surface area contributed by atoms with Gasteiger partial charge in [-0.15, -0.1) is 0 Å². The molecule has 0 aliphatic rings. The number of halogens is 1. The van der Waals surface area contributed by atoms with E-state index in [4.69, 9.17) is 21.1 Å². The van der Waals surface area contributed by atoms with Gasteiger partial charge in [0.25, 0.3) is 0 Å². The van der Waals surface area contributed by atoms with Crippen LogP contribution in [0.2, 0.25) is 5.02 Å². The Bertz CT molecular complexity index is 662. The maximum Gasteiger partial charge on any atom is 0.179 e. The van der Waals surface area contributed by atoms with E-state index in [1.54, 1.807) is 7.11 Å². The zero-order valence-electron chi connectivity index (χ0n) is 15.4. The van der Waals surface area contributed by atoms with Crippen molar-refractivity contribution in [3.8, 4) is 11.5 Å². The van der Waals surface area contributed by atoms with E-state index >= 15 is 0 Å². The largest absolute Gasteiger partial charge is 0.491 e. The van der Waals surface area contributed by atoms with Crippen LogP contribution in [-0.2, 0) is 6.54 Å². The highest BCUT2D eigenvalue weighted by Crippen LogP contribution is 2.36. The van der Waals surface area contributed by atoms with Crippen molar-refractivity contribution >= 4 is 11.6 Å². The van der Waals surface area contributed by atoms with Gasteiger partial charge in [0.05, 0.1) is 18.7 Å². The second kappa shape index (κ2) is 9.66. The van der Waals surface area contributed by atoms with Crippen LogP contribution in [0.1, 0.15) is 24.1 Å². The molecule has 5 heteroatoms. The molecule has 0 aromatic heterocycles. The third-order valence-corrected chi connectivity index (χ3v) is 4.16. The number of hydrogen-bond acceptors (Lipinski definition) is 4. The van der Waals surface area contributed by atoms with Crippen molar-refractivity contribution in [3.05, 3.63) is 58.6 Å². The van der Waals surface area contributed by atoms with Crippen LogP contribution < -0.4 is 14.8 Å². The molecule has 2 aromatic rings. The molecule has 0 amide bonds. The Morgan fingerprint density at radius 3 is 2.48 bits per heavy atom. The van der Waals surface area contributed by atoms with E-state index in [0.29, 0.717) is 29.7 Å². The van der Waals surface area contributed by atoms with Gasteiger partial charge in [0, 0.05) is 19.1 Å². The molecular formula is C20H27ClN2O2. The molecule has 4 nitrogen and oxygen atoms in total. The Morgan fingerprint density at radius 1 is 1.16 bits per heavy atom. The molecule has 2 rings (SSSR count). The summed E-state index contributed by atoms with van der Waals surface area (Å²) in [6.45, 7) is 4.11. The van der Waals surface area contributed by atoms with Crippen molar-refractivity contribution in [2.45, 2.75) is 19.5 Å². The van der Waals surface area contributed by atoms with Gasteiger partial charge in [-0.25, -0.2) is 0 Å². The normalized spacial score (nSPS) is 12.2. The van der Waals surface area contributed by atoms with Gasteiger partial charge in [-0.05, 0) is 44.3 Å². The Kier molecular flexibility index (Phi) is 7.56. The molecule has 0 heterocycles. The Labute approximate surface area is 155 Å². The molecule has 0 spiro atoms. The van der Waals surface area contributed by atoms with Crippen LogP contribution in [0.5, 0.6) is 11.5 Å². The van der Waals surface area contributed by atoms with Crippen molar-refractivity contribution in [1.82, 2.24) is 10.2 Å². The summed E-state index contributed by atoms with van der Waals surface area (Å²) in [5.41, 5.74) is 2.33. The summed E-state index contributed by atoms with van der Waals surface area (Å²) in [6.07, 6.45) is 0. The summed E-state index contributed by atoms with van der Waals surface area (Å²) in [4.78, 5) is 2.18. The van der Waals surface area contributed by atoms with Crippen molar-refractivity contribution in [1.29, 1.82) is 0 Å². The summed E-state index contributed by atoms with van der Waals surface area (Å²) in [5, 5.41) is 4.19. The standard InChI is InChI=1S/C20H27ClN2O2/c1-5-25-19-12-15(11-17(21)20(19)24-4)13-22-18(14-23(2)3)16-9-7-6-8-10-16/h6-12,18,22H,5,13-14H2,1-4H3. The van der Waals surface area contributed by atoms with Gasteiger partial charge in [0.1, 0.15) is 0 Å². The number of nitrogens with one attached hydrogen (secondary N) is 1. The van der Waals surface area contributed by atoms with Gasteiger partial charge in [0.2, 0.25) is 0 Å². The maximum absolute atomic E-state index is 6.35. The third-order valence-electron chi connectivity index (χ3n) is 3.88. The Hall–Kier alpha value is -1.75. The molecule has 25 heavy (non-hydrogen) atoms. The molecule has 0 radical (unpaired) electrons. The van der Waals surface area contributed by atoms with Gasteiger partial charge in [0.15, 0.2) is 11.5 Å². The molecule has 0 saturated carbocycles. The van der Waals surface area contributed by atoms with Gasteiger partial charge in [-0.1, -0.05) is 41.9 Å². The lowest BCUT2D eigenvalue weighted by Gasteiger charge is -2.23. The van der Waals surface area contributed by atoms with Crippen molar-refractivity contribution in [3.63, 3.8) is 0 Å². The van der Waals surface area contributed by atoms with E-state index in [-0.39, 0.29) is 6.04 Å². The number of ether oxygens (including phenoxy) is 2. The van der Waals surface area contributed by atoms with Crippen LogP contribution in [-0.4, -0.2) is 39.3 Å². The zero-order valence-corrected chi connectivity index (χ0v) is 16.1. The second-order valence-electron chi connectivity index (χ2n) is 6.15. The first-order valence-corrected chi connectivity index (χ1v) is 8.85. The highest BCUT2D eigenvalue weighted by Gasteiger charge is 2.15. The summed E-state index contributed by atoms with van der Waals surface area (Å²) in [5.74, 6) is 1.26. The maximum atomic E-state index is 6.35. The first-order chi connectivity index (χ1) is 12.0. The molecule has 0 bridgehead atoms. The summed E-state index contributed by atoms with van der Waals surface area (Å²) >= 11 is 6.35. The number of benzene rings is 2. The quantitative estimate of drug-likeness (QED) is 0.727. The highest BCUT2D eigenvalue weighted by molar-refractivity contribution is 6.32. The minimum Gasteiger partial charge on any atom is -0.491 e. The number of methoxy groups -OCH3 is 1. The number of nitrogens with zero attached hydrogens (tertiary/aromatic N) is 1. The minimum atomic E-state index is 0.229. The lowest BCUT2D eigenvalue weighted by molar-refractivity contribution is 0.310. The average molecular weight is 363 g/mol. The Morgan fingerprint density at radius 2 is 1.88 bits per heavy atom. The van der Waals surface area contributed by atoms with Gasteiger partial charge in [-0.2, -0.15) is 0 Å². The summed E-state index contributed by atoms with van der Waals surface area (Å²) < 4.78 is 11.0. The first-order valence-electron chi connectivity index (χ1n) is 8.47. The zero-order chi connectivity index (χ0) is 18.2. The Balaban J connectivity index is 2.17. The lowest BCUT2D eigenvalue weighted by Crippen LogP contribution is -2.30. The molecule has 0 fully saturated rings. The molecule has 0 aliphatic heterocycles. The summed E-state index contributed by atoms with van der Waals surface area (Å²) in [7, 11) is 5.76. The number of likely N-dealkylation sites (N-methyl/N-ethyl adjacent to an activating group) is 1. The van der Waals surface area contributed by atoms with E-state index < -0.39 is 0 Å². The molecular weight excluding hydrogens is 336 g/mol. The molecule has 1 N–H and O–H groups in total. The number of rotatable bonds is 9. The average Bonchev–Trinajstić information content (AvgIpc) is 2.59. The number of hydrogen-bond donors (Lipinski definition) is 1. The van der Waals surface area contributed by atoms with Crippen molar-refractivity contribution in [2.75, 3.05) is 34.4 Å². The molecule has 0 saturated heterocycles. The van der Waals surface area contributed by atoms with Crippen LogP contribution in [0.15, 0.2) is 42.5 Å². The molecule has 136 valence electrons. The molecule has 1 unspecified atom stereocenters. The van der Waals surface area contributed by atoms with Gasteiger partial charge in [-0.3, -0.25) is 0 Å². The van der Waals surface area contributed by atoms with Crippen LogP contribution in [0, 0.1) is 0 Å². The minimum absolute atomic E-state index is 0.229. The van der Waals surface area contributed by atoms with Crippen LogP contribution in [0.4, 0.5) is 0 Å². The van der Waals surface area contributed by atoms with E-state index in [0.717, 1.165) is 12.1 Å². The predicted molar refractivity (Wildman–Crippen MR) is 104 cm³/mol. The van der Waals surface area contributed by atoms with Crippen molar-refractivity contribution in [2.24, 2.45) is 0 Å². The van der Waals surface area contributed by atoms with Crippen LogP contribution >= 0.6 is 11.6 Å².